The summed E-state index contributed by atoms with van der Waals surface area (Å²) in [5.74, 6) is 0.318. The number of hydrogen-bond donors (Lipinski definition) is 2. The van der Waals surface area contributed by atoms with E-state index in [-0.39, 0.29) is 16.9 Å². The molecule has 0 amide bonds. The number of unbranched alkanes of at least 4 members (excludes halogenated alkanes) is 2. The van der Waals surface area contributed by atoms with Crippen LogP contribution in [0.15, 0.2) is 18.2 Å². The molecule has 0 aromatic heterocycles. The summed E-state index contributed by atoms with van der Waals surface area (Å²) in [5, 5.41) is 19.6. The summed E-state index contributed by atoms with van der Waals surface area (Å²) in [6.07, 6.45) is 8.43. The van der Waals surface area contributed by atoms with E-state index in [1.54, 1.807) is 6.07 Å². The highest BCUT2D eigenvalue weighted by Gasteiger charge is 2.24. The van der Waals surface area contributed by atoms with Crippen LogP contribution in [0.25, 0.3) is 0 Å². The van der Waals surface area contributed by atoms with Crippen molar-refractivity contribution >= 4 is 0 Å². The Kier molecular flexibility index (Phi) is 9.34. The largest absolute Gasteiger partial charge is 0.508 e. The van der Waals surface area contributed by atoms with E-state index in [1.165, 1.54) is 51.3 Å². The molecule has 0 radical (unpaired) electrons. The minimum Gasteiger partial charge on any atom is -0.508 e. The smallest absolute Gasteiger partial charge is 0.122 e. The molecule has 2 N–H and O–H groups in total. The minimum atomic E-state index is -0.0881. The second-order valence-corrected chi connectivity index (χ2v) is 8.07. The molecule has 0 spiro atoms. The summed E-state index contributed by atoms with van der Waals surface area (Å²) in [4.78, 5) is 2.65. The lowest BCUT2D eigenvalue weighted by atomic mass is 9.79. The van der Waals surface area contributed by atoms with Gasteiger partial charge in [0.15, 0.2) is 0 Å². The van der Waals surface area contributed by atoms with Gasteiger partial charge in [-0.05, 0) is 62.7 Å². The Morgan fingerprint density at radius 2 is 1.60 bits per heavy atom. The van der Waals surface area contributed by atoms with Crippen molar-refractivity contribution in [2.24, 2.45) is 0 Å². The van der Waals surface area contributed by atoms with Crippen molar-refractivity contribution < 1.29 is 10.2 Å². The van der Waals surface area contributed by atoms with E-state index in [2.05, 4.69) is 39.5 Å². The number of phenols is 2. The summed E-state index contributed by atoms with van der Waals surface area (Å²) >= 11 is 0. The second-order valence-electron chi connectivity index (χ2n) is 8.07. The van der Waals surface area contributed by atoms with Gasteiger partial charge in [-0.1, -0.05) is 53.0 Å². The lowest BCUT2D eigenvalue weighted by Crippen LogP contribution is -2.35. The molecule has 0 fully saturated rings. The predicted octanol–water partition coefficient (Wildman–Crippen LogP) is 5.84. The fourth-order valence-corrected chi connectivity index (χ4v) is 3.52. The molecule has 0 bridgehead atoms. The first-order valence-corrected chi connectivity index (χ1v) is 10.1. The number of rotatable bonds is 12. The van der Waals surface area contributed by atoms with Gasteiger partial charge in [0, 0.05) is 12.1 Å². The molecule has 0 aliphatic heterocycles. The van der Waals surface area contributed by atoms with Gasteiger partial charge in [0.25, 0.3) is 0 Å². The van der Waals surface area contributed by atoms with Gasteiger partial charge in [-0.3, -0.25) is 0 Å². The maximum Gasteiger partial charge on any atom is 0.122 e. The zero-order valence-electron chi connectivity index (χ0n) is 17.0. The van der Waals surface area contributed by atoms with Gasteiger partial charge in [0.2, 0.25) is 0 Å². The fourth-order valence-electron chi connectivity index (χ4n) is 3.52. The third kappa shape index (κ3) is 7.27. The number of phenolic OH excluding ortho intramolecular Hbond substituents is 2. The molecule has 1 unspecified atom stereocenters. The van der Waals surface area contributed by atoms with Crippen LogP contribution in [0.5, 0.6) is 11.5 Å². The first kappa shape index (κ1) is 21.8. The van der Waals surface area contributed by atoms with Crippen LogP contribution >= 0.6 is 0 Å². The van der Waals surface area contributed by atoms with Gasteiger partial charge in [-0.2, -0.15) is 0 Å². The second kappa shape index (κ2) is 10.7. The van der Waals surface area contributed by atoms with E-state index in [9.17, 15) is 10.2 Å². The van der Waals surface area contributed by atoms with Crippen LogP contribution in [-0.4, -0.2) is 34.2 Å². The van der Waals surface area contributed by atoms with Gasteiger partial charge in [0.05, 0.1) is 0 Å². The van der Waals surface area contributed by atoms with Crippen LogP contribution < -0.4 is 0 Å². The number of benzene rings is 1. The van der Waals surface area contributed by atoms with Gasteiger partial charge in [0.1, 0.15) is 11.5 Å². The summed E-state index contributed by atoms with van der Waals surface area (Å²) in [7, 11) is 0. The molecule has 1 aromatic rings. The first-order valence-electron chi connectivity index (χ1n) is 10.1. The van der Waals surface area contributed by atoms with Crippen LogP contribution in [0, 0.1) is 0 Å². The van der Waals surface area contributed by atoms with E-state index in [1.807, 2.05) is 6.07 Å². The van der Waals surface area contributed by atoms with Crippen molar-refractivity contribution in [1.29, 1.82) is 0 Å². The van der Waals surface area contributed by atoms with Crippen molar-refractivity contribution in [2.75, 3.05) is 13.1 Å². The molecule has 25 heavy (non-hydrogen) atoms. The minimum absolute atomic E-state index is 0.0881. The van der Waals surface area contributed by atoms with Crippen molar-refractivity contribution in [3.8, 4) is 11.5 Å². The average Bonchev–Trinajstić information content (AvgIpc) is 2.54. The lowest BCUT2D eigenvalue weighted by molar-refractivity contribution is 0.188. The highest BCUT2D eigenvalue weighted by Crippen LogP contribution is 2.36. The lowest BCUT2D eigenvalue weighted by Gasteiger charge is -2.31. The summed E-state index contributed by atoms with van der Waals surface area (Å²) in [5.41, 5.74) is 0.835. The zero-order chi connectivity index (χ0) is 18.9. The summed E-state index contributed by atoms with van der Waals surface area (Å²) in [6, 6.07) is 5.57. The van der Waals surface area contributed by atoms with Crippen molar-refractivity contribution in [2.45, 2.75) is 91.0 Å². The monoisotopic (exact) mass is 349 g/mol. The average molecular weight is 350 g/mol. The topological polar surface area (TPSA) is 43.7 Å². The maximum atomic E-state index is 10.1. The molecule has 1 rings (SSSR count). The van der Waals surface area contributed by atoms with Gasteiger partial charge in [-0.25, -0.2) is 0 Å². The standard InChI is InChI=1S/C22H39NO2/c1-6-8-15-23(16-9-7-2)18(3)11-10-14-22(4,5)20-13-12-19(24)17-21(20)25/h12-13,17-18,24-25H,6-11,14-16H2,1-5H3. The molecule has 0 saturated heterocycles. The summed E-state index contributed by atoms with van der Waals surface area (Å²) < 4.78 is 0. The molecule has 1 aromatic carbocycles. The molecule has 144 valence electrons. The van der Waals surface area contributed by atoms with Crippen LogP contribution in [-0.2, 0) is 5.41 Å². The third-order valence-corrected chi connectivity index (χ3v) is 5.36. The first-order chi connectivity index (χ1) is 11.8. The number of nitrogens with zero attached hydrogens (tertiary/aromatic N) is 1. The van der Waals surface area contributed by atoms with Crippen LogP contribution in [0.4, 0.5) is 0 Å². The van der Waals surface area contributed by atoms with Gasteiger partial charge in [-0.15, -0.1) is 0 Å². The highest BCUT2D eigenvalue weighted by molar-refractivity contribution is 5.42. The summed E-state index contributed by atoms with van der Waals surface area (Å²) in [6.45, 7) is 13.6. The Balaban J connectivity index is 2.57. The maximum absolute atomic E-state index is 10.1. The number of hydrogen-bond acceptors (Lipinski definition) is 3. The Labute approximate surface area is 155 Å². The predicted molar refractivity (Wildman–Crippen MR) is 107 cm³/mol. The van der Waals surface area contributed by atoms with Crippen LogP contribution in [0.1, 0.15) is 85.1 Å². The highest BCUT2D eigenvalue weighted by atomic mass is 16.3. The third-order valence-electron chi connectivity index (χ3n) is 5.36. The Morgan fingerprint density at radius 1 is 1.00 bits per heavy atom. The van der Waals surface area contributed by atoms with E-state index in [4.69, 9.17) is 0 Å². The fraction of sp³-hybridized carbons (Fsp3) is 0.727. The Hall–Kier alpha value is -1.22. The Morgan fingerprint density at radius 3 is 2.12 bits per heavy atom. The van der Waals surface area contributed by atoms with E-state index in [0.717, 1.165) is 18.4 Å². The molecule has 0 heterocycles. The van der Waals surface area contributed by atoms with Crippen molar-refractivity contribution in [3.63, 3.8) is 0 Å². The number of aromatic hydroxyl groups is 2. The van der Waals surface area contributed by atoms with Gasteiger partial charge < -0.3 is 15.1 Å². The molecule has 0 aliphatic rings. The van der Waals surface area contributed by atoms with Crippen LogP contribution in [0.2, 0.25) is 0 Å². The molecule has 3 nitrogen and oxygen atoms in total. The molecule has 3 heteroatoms. The molecule has 0 aliphatic carbocycles. The quantitative estimate of drug-likeness (QED) is 0.498. The van der Waals surface area contributed by atoms with E-state index >= 15 is 0 Å². The molecular weight excluding hydrogens is 310 g/mol. The SMILES string of the molecule is CCCCN(CCCC)C(C)CCCC(C)(C)c1ccc(O)cc1O. The molecule has 1 atom stereocenters. The van der Waals surface area contributed by atoms with Gasteiger partial charge >= 0.3 is 0 Å². The van der Waals surface area contributed by atoms with Crippen molar-refractivity contribution in [1.82, 2.24) is 4.90 Å². The molecular formula is C22H39NO2. The van der Waals surface area contributed by atoms with Crippen molar-refractivity contribution in [3.05, 3.63) is 23.8 Å². The van der Waals surface area contributed by atoms with Crippen LogP contribution in [0.3, 0.4) is 0 Å². The normalized spacial score (nSPS) is 13.4. The Bertz CT molecular complexity index is 491. The molecule has 0 saturated carbocycles. The van der Waals surface area contributed by atoms with E-state index in [0.29, 0.717) is 6.04 Å². The zero-order valence-corrected chi connectivity index (χ0v) is 17.0. The van der Waals surface area contributed by atoms with E-state index < -0.39 is 0 Å².